The highest BCUT2D eigenvalue weighted by atomic mass is 16.1. The molecule has 0 atom stereocenters. The molecule has 1 saturated carbocycles. The van der Waals surface area contributed by atoms with Crippen molar-refractivity contribution in [3.05, 3.63) is 52.2 Å². The molecule has 21 heavy (non-hydrogen) atoms. The normalized spacial score (nSPS) is 13.7. The van der Waals surface area contributed by atoms with Crippen LogP contribution in [0.2, 0.25) is 0 Å². The fourth-order valence-electron chi connectivity index (χ4n) is 2.04. The van der Waals surface area contributed by atoms with Gasteiger partial charge in [-0.05, 0) is 36.5 Å². The Balaban J connectivity index is 1.72. The number of pyridine rings is 1. The minimum absolute atomic E-state index is 0.161. The minimum atomic E-state index is -0.161. The lowest BCUT2D eigenvalue weighted by atomic mass is 10.2. The zero-order valence-corrected chi connectivity index (χ0v) is 11.5. The van der Waals surface area contributed by atoms with E-state index in [0.29, 0.717) is 12.2 Å². The number of nitrogens with one attached hydrogen (secondary N) is 1. The molecular formula is C15H15N5O. The molecule has 6 heteroatoms. The fourth-order valence-corrected chi connectivity index (χ4v) is 2.04. The number of hydrogen-bond donors (Lipinski definition) is 1. The van der Waals surface area contributed by atoms with Crippen LogP contribution < -0.4 is 10.9 Å². The molecular weight excluding hydrogens is 266 g/mol. The molecule has 106 valence electrons. The van der Waals surface area contributed by atoms with Crippen LogP contribution in [0.4, 0.5) is 5.69 Å². The lowest BCUT2D eigenvalue weighted by Gasteiger charge is -2.07. The molecule has 1 aliphatic carbocycles. The molecule has 1 fully saturated rings. The van der Waals surface area contributed by atoms with Crippen molar-refractivity contribution >= 4 is 5.69 Å². The summed E-state index contributed by atoms with van der Waals surface area (Å²) in [5, 5.41) is 16.2. The monoisotopic (exact) mass is 281 g/mol. The van der Waals surface area contributed by atoms with Gasteiger partial charge in [-0.3, -0.25) is 4.79 Å². The van der Waals surface area contributed by atoms with E-state index < -0.39 is 0 Å². The Morgan fingerprint density at radius 2 is 2.29 bits per heavy atom. The Hall–Kier alpha value is -2.68. The van der Waals surface area contributed by atoms with Gasteiger partial charge in [0.05, 0.1) is 18.4 Å². The molecule has 0 spiro atoms. The third-order valence-corrected chi connectivity index (χ3v) is 3.43. The van der Waals surface area contributed by atoms with E-state index in [1.54, 1.807) is 30.6 Å². The Morgan fingerprint density at radius 1 is 1.43 bits per heavy atom. The zero-order chi connectivity index (χ0) is 14.7. The molecule has 6 nitrogen and oxygen atoms in total. The average Bonchev–Trinajstić information content (AvgIpc) is 3.32. The van der Waals surface area contributed by atoms with Gasteiger partial charge in [0.2, 0.25) is 0 Å². The number of nitrogens with zero attached hydrogens (tertiary/aromatic N) is 4. The quantitative estimate of drug-likeness (QED) is 0.895. The largest absolute Gasteiger partial charge is 0.383 e. The third kappa shape index (κ3) is 3.45. The van der Waals surface area contributed by atoms with Gasteiger partial charge < -0.3 is 5.32 Å². The summed E-state index contributed by atoms with van der Waals surface area (Å²) in [5.41, 5.74) is 1.76. The van der Waals surface area contributed by atoms with Gasteiger partial charge >= 0.3 is 0 Å². The van der Waals surface area contributed by atoms with Gasteiger partial charge in [0.1, 0.15) is 11.8 Å². The van der Waals surface area contributed by atoms with Crippen molar-refractivity contribution in [1.29, 1.82) is 5.26 Å². The highest BCUT2D eigenvalue weighted by Crippen LogP contribution is 2.28. The summed E-state index contributed by atoms with van der Waals surface area (Å²) in [4.78, 5) is 15.9. The molecule has 0 aromatic carbocycles. The van der Waals surface area contributed by atoms with Crippen molar-refractivity contribution in [3.8, 4) is 6.07 Å². The molecule has 0 bridgehead atoms. The first kappa shape index (κ1) is 13.3. The predicted octanol–water partition coefficient (Wildman–Crippen LogP) is 1.38. The summed E-state index contributed by atoms with van der Waals surface area (Å²) >= 11 is 0. The van der Waals surface area contributed by atoms with Crippen molar-refractivity contribution < 1.29 is 0 Å². The second-order valence-electron chi connectivity index (χ2n) is 5.23. The molecule has 0 radical (unpaired) electrons. The van der Waals surface area contributed by atoms with Crippen LogP contribution >= 0.6 is 0 Å². The Morgan fingerprint density at radius 3 is 3.00 bits per heavy atom. The smallest absolute Gasteiger partial charge is 0.269 e. The van der Waals surface area contributed by atoms with E-state index in [9.17, 15) is 4.79 Å². The highest BCUT2D eigenvalue weighted by molar-refractivity contribution is 5.39. The number of hydrogen-bond acceptors (Lipinski definition) is 5. The number of aromatic nitrogens is 3. The van der Waals surface area contributed by atoms with Gasteiger partial charge in [-0.1, -0.05) is 0 Å². The lowest BCUT2D eigenvalue weighted by Crippen LogP contribution is -2.23. The first-order chi connectivity index (χ1) is 10.2. The Labute approximate surface area is 122 Å². The summed E-state index contributed by atoms with van der Waals surface area (Å²) in [6, 6.07) is 6.97. The first-order valence-electron chi connectivity index (χ1n) is 6.90. The van der Waals surface area contributed by atoms with Crippen LogP contribution in [-0.2, 0) is 6.54 Å². The van der Waals surface area contributed by atoms with Crippen molar-refractivity contribution in [2.75, 3.05) is 11.9 Å². The summed E-state index contributed by atoms with van der Waals surface area (Å²) < 4.78 is 1.37. The lowest BCUT2D eigenvalue weighted by molar-refractivity contribution is 0.638. The maximum Gasteiger partial charge on any atom is 0.269 e. The van der Waals surface area contributed by atoms with E-state index >= 15 is 0 Å². The number of rotatable bonds is 5. The van der Waals surface area contributed by atoms with E-state index in [0.717, 1.165) is 23.7 Å². The van der Waals surface area contributed by atoms with E-state index in [1.165, 1.54) is 17.5 Å². The molecule has 1 aliphatic rings. The van der Waals surface area contributed by atoms with Crippen LogP contribution in [0.15, 0.2) is 35.4 Å². The van der Waals surface area contributed by atoms with E-state index in [4.69, 9.17) is 5.26 Å². The second kappa shape index (κ2) is 5.75. The standard InChI is InChI=1S/C15H15N5O/c16-7-13-5-12(3-4-17-13)10-20-15(21)6-14(9-19-20)18-8-11-1-2-11/h3-6,9,11,18H,1-2,8,10H2. The van der Waals surface area contributed by atoms with E-state index in [-0.39, 0.29) is 5.56 Å². The van der Waals surface area contributed by atoms with Gasteiger partial charge in [-0.25, -0.2) is 9.67 Å². The van der Waals surface area contributed by atoms with Gasteiger partial charge in [0.25, 0.3) is 5.56 Å². The summed E-state index contributed by atoms with van der Waals surface area (Å²) in [7, 11) is 0. The van der Waals surface area contributed by atoms with Crippen molar-refractivity contribution in [1.82, 2.24) is 14.8 Å². The average molecular weight is 281 g/mol. The molecule has 2 aromatic heterocycles. The van der Waals surface area contributed by atoms with Crippen molar-refractivity contribution in [2.24, 2.45) is 5.92 Å². The zero-order valence-electron chi connectivity index (χ0n) is 11.5. The molecule has 1 N–H and O–H groups in total. The van der Waals surface area contributed by atoms with Crippen molar-refractivity contribution in [3.63, 3.8) is 0 Å². The SMILES string of the molecule is N#Cc1cc(Cn2ncc(NCC3CC3)cc2=O)ccn1. The first-order valence-corrected chi connectivity index (χ1v) is 6.90. The van der Waals surface area contributed by atoms with E-state index in [2.05, 4.69) is 15.4 Å². The molecule has 0 amide bonds. The minimum Gasteiger partial charge on any atom is -0.383 e. The molecule has 0 unspecified atom stereocenters. The van der Waals surface area contributed by atoms with Gasteiger partial charge in [-0.15, -0.1) is 0 Å². The van der Waals surface area contributed by atoms with Gasteiger partial charge in [0.15, 0.2) is 0 Å². The summed E-state index contributed by atoms with van der Waals surface area (Å²) in [6.45, 7) is 1.24. The Bertz CT molecular complexity index is 742. The molecule has 2 heterocycles. The summed E-state index contributed by atoms with van der Waals surface area (Å²) in [5.74, 6) is 0.744. The van der Waals surface area contributed by atoms with Crippen LogP contribution in [-0.4, -0.2) is 21.3 Å². The number of nitriles is 1. The van der Waals surface area contributed by atoms with Crippen LogP contribution in [0.5, 0.6) is 0 Å². The maximum atomic E-state index is 12.0. The van der Waals surface area contributed by atoms with Crippen LogP contribution in [0.3, 0.4) is 0 Å². The molecule has 3 rings (SSSR count). The highest BCUT2D eigenvalue weighted by Gasteiger charge is 2.20. The topological polar surface area (TPSA) is 83.6 Å². The van der Waals surface area contributed by atoms with Crippen LogP contribution in [0.25, 0.3) is 0 Å². The maximum absolute atomic E-state index is 12.0. The van der Waals surface area contributed by atoms with Crippen LogP contribution in [0.1, 0.15) is 24.1 Å². The molecule has 0 saturated heterocycles. The van der Waals surface area contributed by atoms with Crippen LogP contribution in [0, 0.1) is 17.2 Å². The third-order valence-electron chi connectivity index (χ3n) is 3.43. The van der Waals surface area contributed by atoms with Crippen molar-refractivity contribution in [2.45, 2.75) is 19.4 Å². The predicted molar refractivity (Wildman–Crippen MR) is 77.8 cm³/mol. The second-order valence-corrected chi connectivity index (χ2v) is 5.23. The molecule has 0 aliphatic heterocycles. The summed E-state index contributed by atoms with van der Waals surface area (Å²) in [6.07, 6.45) is 5.75. The van der Waals surface area contributed by atoms with E-state index in [1.807, 2.05) is 6.07 Å². The number of anilines is 1. The van der Waals surface area contributed by atoms with Gasteiger partial charge in [0, 0.05) is 18.8 Å². The Kier molecular flexibility index (Phi) is 3.65. The van der Waals surface area contributed by atoms with Gasteiger partial charge in [-0.2, -0.15) is 10.4 Å². The fraction of sp³-hybridized carbons (Fsp3) is 0.333. The molecule has 2 aromatic rings.